The number of ether oxygens (including phenoxy) is 2. The molecule has 0 aliphatic heterocycles. The van der Waals surface area contributed by atoms with Crippen LogP contribution in [0.3, 0.4) is 0 Å². The summed E-state index contributed by atoms with van der Waals surface area (Å²) in [5.41, 5.74) is 1.65. The monoisotopic (exact) mass is 284 g/mol. The van der Waals surface area contributed by atoms with E-state index in [1.54, 1.807) is 18.2 Å². The Hall–Kier alpha value is -2.75. The molecule has 0 saturated carbocycles. The first-order chi connectivity index (χ1) is 10.2. The topological polar surface area (TPSA) is 55.8 Å². The van der Waals surface area contributed by atoms with E-state index < -0.39 is 5.97 Å². The lowest BCUT2D eigenvalue weighted by atomic mass is 10.1. The first-order valence-corrected chi connectivity index (χ1v) is 6.45. The van der Waals surface area contributed by atoms with Crippen molar-refractivity contribution >= 4 is 12.0 Å². The lowest BCUT2D eigenvalue weighted by molar-refractivity contribution is -0.131. The van der Waals surface area contributed by atoms with Crippen LogP contribution >= 0.6 is 0 Å². The predicted molar refractivity (Wildman–Crippen MR) is 80.4 cm³/mol. The van der Waals surface area contributed by atoms with Crippen LogP contribution < -0.4 is 9.47 Å². The Bertz CT molecular complexity index is 632. The van der Waals surface area contributed by atoms with Crippen molar-refractivity contribution in [2.45, 2.75) is 6.61 Å². The van der Waals surface area contributed by atoms with Gasteiger partial charge in [-0.15, -0.1) is 0 Å². The summed E-state index contributed by atoms with van der Waals surface area (Å²) in [5, 5.41) is 8.77. The summed E-state index contributed by atoms with van der Waals surface area (Å²) in [5.74, 6) is 0.128. The fraction of sp³-hybridized carbons (Fsp3) is 0.118. The van der Waals surface area contributed by atoms with Gasteiger partial charge in [0.25, 0.3) is 0 Å². The molecule has 0 amide bonds. The number of aliphatic carboxylic acids is 1. The Morgan fingerprint density at radius 3 is 2.48 bits per heavy atom. The van der Waals surface area contributed by atoms with Gasteiger partial charge in [-0.3, -0.25) is 0 Å². The molecule has 0 aromatic heterocycles. The van der Waals surface area contributed by atoms with Gasteiger partial charge in [0.05, 0.1) is 12.7 Å². The molecule has 1 N–H and O–H groups in total. The predicted octanol–water partition coefficient (Wildman–Crippen LogP) is 3.37. The van der Waals surface area contributed by atoms with Crippen LogP contribution in [-0.4, -0.2) is 18.2 Å². The van der Waals surface area contributed by atoms with Gasteiger partial charge in [-0.25, -0.2) is 4.79 Å². The van der Waals surface area contributed by atoms with E-state index in [1.807, 2.05) is 30.3 Å². The Labute approximate surface area is 123 Å². The Balaban J connectivity index is 2.23. The number of carboxylic acids is 1. The summed E-state index contributed by atoms with van der Waals surface area (Å²) in [6.07, 6.45) is 2.54. The number of hydrogen-bond donors (Lipinski definition) is 1. The lowest BCUT2D eigenvalue weighted by Gasteiger charge is -2.12. The van der Waals surface area contributed by atoms with Crippen LogP contribution in [0.15, 0.2) is 54.6 Å². The molecule has 0 atom stereocenters. The van der Waals surface area contributed by atoms with Crippen molar-refractivity contribution in [3.63, 3.8) is 0 Å². The molecular formula is C17H16O4. The fourth-order valence-electron chi connectivity index (χ4n) is 1.88. The summed E-state index contributed by atoms with van der Waals surface area (Å²) in [6.45, 7) is 0.405. The standard InChI is InChI=1S/C17H16O4/c1-20-15-8-5-9-16(14(15)10-11-17(18)19)21-12-13-6-3-2-4-7-13/h2-11H,12H2,1H3,(H,18,19). The summed E-state index contributed by atoms with van der Waals surface area (Å²) in [7, 11) is 1.54. The molecule has 2 rings (SSSR count). The van der Waals surface area contributed by atoms with Crippen LogP contribution in [0.5, 0.6) is 11.5 Å². The maximum Gasteiger partial charge on any atom is 0.328 e. The van der Waals surface area contributed by atoms with E-state index in [4.69, 9.17) is 14.6 Å². The van der Waals surface area contributed by atoms with E-state index in [9.17, 15) is 4.79 Å². The highest BCUT2D eigenvalue weighted by atomic mass is 16.5. The molecule has 0 heterocycles. The Kier molecular flexibility index (Phi) is 4.99. The molecule has 0 radical (unpaired) electrons. The minimum Gasteiger partial charge on any atom is -0.496 e. The second-order valence-electron chi connectivity index (χ2n) is 4.32. The summed E-state index contributed by atoms with van der Waals surface area (Å²) < 4.78 is 11.0. The maximum atomic E-state index is 10.7. The quantitative estimate of drug-likeness (QED) is 0.826. The summed E-state index contributed by atoms with van der Waals surface area (Å²) >= 11 is 0. The van der Waals surface area contributed by atoms with Crippen LogP contribution in [0.4, 0.5) is 0 Å². The summed E-state index contributed by atoms with van der Waals surface area (Å²) in [4.78, 5) is 10.7. The minimum absolute atomic E-state index is 0.405. The van der Waals surface area contributed by atoms with Gasteiger partial charge in [-0.05, 0) is 23.8 Å². The van der Waals surface area contributed by atoms with Gasteiger partial charge in [0.2, 0.25) is 0 Å². The van der Waals surface area contributed by atoms with Crippen molar-refractivity contribution in [1.82, 2.24) is 0 Å². The normalized spacial score (nSPS) is 10.5. The zero-order valence-electron chi connectivity index (χ0n) is 11.7. The number of benzene rings is 2. The molecule has 4 nitrogen and oxygen atoms in total. The molecule has 0 aliphatic rings. The molecule has 108 valence electrons. The van der Waals surface area contributed by atoms with Crippen molar-refractivity contribution in [3.05, 3.63) is 65.7 Å². The smallest absolute Gasteiger partial charge is 0.328 e. The molecule has 0 spiro atoms. The van der Waals surface area contributed by atoms with Gasteiger partial charge in [-0.1, -0.05) is 36.4 Å². The third-order valence-electron chi connectivity index (χ3n) is 2.88. The zero-order valence-corrected chi connectivity index (χ0v) is 11.7. The molecule has 21 heavy (non-hydrogen) atoms. The molecule has 0 bridgehead atoms. The van der Waals surface area contributed by atoms with E-state index in [2.05, 4.69) is 0 Å². The van der Waals surface area contributed by atoms with Gasteiger partial charge >= 0.3 is 5.97 Å². The van der Waals surface area contributed by atoms with E-state index >= 15 is 0 Å². The molecule has 0 fully saturated rings. The molecular weight excluding hydrogens is 268 g/mol. The van der Waals surface area contributed by atoms with E-state index in [1.165, 1.54) is 13.2 Å². The molecule has 0 unspecified atom stereocenters. The maximum absolute atomic E-state index is 10.7. The third kappa shape index (κ3) is 4.11. The molecule has 0 aliphatic carbocycles. The van der Waals surface area contributed by atoms with E-state index in [0.717, 1.165) is 11.6 Å². The van der Waals surface area contributed by atoms with Crippen molar-refractivity contribution in [3.8, 4) is 11.5 Å². The van der Waals surface area contributed by atoms with E-state index in [-0.39, 0.29) is 0 Å². The fourth-order valence-corrected chi connectivity index (χ4v) is 1.88. The van der Waals surface area contributed by atoms with Crippen LogP contribution in [0, 0.1) is 0 Å². The van der Waals surface area contributed by atoms with Gasteiger partial charge in [-0.2, -0.15) is 0 Å². The minimum atomic E-state index is -1.02. The highest BCUT2D eigenvalue weighted by Crippen LogP contribution is 2.30. The lowest BCUT2D eigenvalue weighted by Crippen LogP contribution is -1.98. The Morgan fingerprint density at radius 2 is 1.81 bits per heavy atom. The Morgan fingerprint density at radius 1 is 1.10 bits per heavy atom. The largest absolute Gasteiger partial charge is 0.496 e. The number of methoxy groups -OCH3 is 1. The van der Waals surface area contributed by atoms with Crippen molar-refractivity contribution in [2.75, 3.05) is 7.11 Å². The van der Waals surface area contributed by atoms with Crippen molar-refractivity contribution in [1.29, 1.82) is 0 Å². The highest BCUT2D eigenvalue weighted by Gasteiger charge is 2.08. The van der Waals surface area contributed by atoms with Crippen LogP contribution in [0.2, 0.25) is 0 Å². The number of rotatable bonds is 6. The van der Waals surface area contributed by atoms with Crippen LogP contribution in [0.1, 0.15) is 11.1 Å². The SMILES string of the molecule is COc1cccc(OCc2ccccc2)c1C=CC(=O)O. The first-order valence-electron chi connectivity index (χ1n) is 6.45. The van der Waals surface area contributed by atoms with Gasteiger partial charge in [0, 0.05) is 6.08 Å². The molecule has 2 aromatic rings. The van der Waals surface area contributed by atoms with Gasteiger partial charge in [0.15, 0.2) is 0 Å². The van der Waals surface area contributed by atoms with Crippen molar-refractivity contribution < 1.29 is 19.4 Å². The first kappa shape index (κ1) is 14.7. The number of hydrogen-bond acceptors (Lipinski definition) is 3. The zero-order chi connectivity index (χ0) is 15.1. The second-order valence-corrected chi connectivity index (χ2v) is 4.32. The molecule has 0 saturated heterocycles. The van der Waals surface area contributed by atoms with Crippen LogP contribution in [-0.2, 0) is 11.4 Å². The summed E-state index contributed by atoms with van der Waals surface area (Å²) in [6, 6.07) is 15.1. The third-order valence-corrected chi connectivity index (χ3v) is 2.88. The second kappa shape index (κ2) is 7.14. The van der Waals surface area contributed by atoms with Gasteiger partial charge in [0.1, 0.15) is 18.1 Å². The van der Waals surface area contributed by atoms with Crippen molar-refractivity contribution in [2.24, 2.45) is 0 Å². The number of carbonyl (C=O) groups is 1. The molecule has 2 aromatic carbocycles. The highest BCUT2D eigenvalue weighted by molar-refractivity contribution is 5.86. The average molecular weight is 284 g/mol. The molecule has 4 heteroatoms. The van der Waals surface area contributed by atoms with Gasteiger partial charge < -0.3 is 14.6 Å². The number of carboxylic acid groups (broad SMARTS) is 1. The van der Waals surface area contributed by atoms with Crippen LogP contribution in [0.25, 0.3) is 6.08 Å². The van der Waals surface area contributed by atoms with E-state index in [0.29, 0.717) is 23.7 Å². The average Bonchev–Trinajstić information content (AvgIpc) is 2.51.